The molecule has 52 heavy (non-hydrogen) atoms. The molecular weight excluding hydrogens is 637 g/mol. The predicted molar refractivity (Wildman–Crippen MR) is 210 cm³/mol. The number of pyridine rings is 1. The van der Waals surface area contributed by atoms with Crippen LogP contribution in [0.2, 0.25) is 0 Å². The minimum atomic E-state index is 0.637. The van der Waals surface area contributed by atoms with Crippen LogP contribution in [0.25, 0.3) is 89.7 Å². The van der Waals surface area contributed by atoms with Gasteiger partial charge in [-0.1, -0.05) is 115 Å². The number of benzene rings is 6. The molecular formula is C46H30N6. The monoisotopic (exact) mass is 666 g/mol. The number of hydrogen-bond acceptors (Lipinski definition) is 4. The first-order valence-electron chi connectivity index (χ1n) is 17.3. The van der Waals surface area contributed by atoms with Gasteiger partial charge in [0.05, 0.1) is 16.7 Å². The number of fused-ring (bicyclic) bond motifs is 4. The van der Waals surface area contributed by atoms with Gasteiger partial charge in [-0.05, 0) is 65.7 Å². The van der Waals surface area contributed by atoms with Gasteiger partial charge in [0.15, 0.2) is 17.5 Å². The molecule has 10 rings (SSSR count). The topological polar surface area (TPSA) is 60.9 Å². The second-order valence-corrected chi connectivity index (χ2v) is 12.8. The maximum Gasteiger partial charge on any atom is 0.164 e. The van der Waals surface area contributed by atoms with E-state index in [0.717, 1.165) is 55.9 Å². The zero-order chi connectivity index (χ0) is 34.4. The van der Waals surface area contributed by atoms with Crippen LogP contribution >= 0.6 is 0 Å². The molecule has 4 aromatic heterocycles. The van der Waals surface area contributed by atoms with Gasteiger partial charge in [-0.2, -0.15) is 0 Å². The first-order valence-corrected chi connectivity index (χ1v) is 17.3. The Morgan fingerprint density at radius 3 is 1.58 bits per heavy atom. The second-order valence-electron chi connectivity index (χ2n) is 12.8. The van der Waals surface area contributed by atoms with Crippen molar-refractivity contribution in [3.63, 3.8) is 0 Å². The molecule has 0 amide bonds. The molecule has 0 N–H and O–H groups in total. The molecule has 0 aliphatic heterocycles. The van der Waals surface area contributed by atoms with E-state index in [1.54, 1.807) is 0 Å². The van der Waals surface area contributed by atoms with E-state index in [-0.39, 0.29) is 0 Å². The predicted octanol–water partition coefficient (Wildman–Crippen LogP) is 11.0. The number of aromatic nitrogens is 6. The van der Waals surface area contributed by atoms with Gasteiger partial charge in [0.25, 0.3) is 0 Å². The summed E-state index contributed by atoms with van der Waals surface area (Å²) < 4.78 is 4.39. The Balaban J connectivity index is 1.02. The maximum absolute atomic E-state index is 4.93. The van der Waals surface area contributed by atoms with E-state index in [1.165, 1.54) is 16.3 Å². The Morgan fingerprint density at radius 1 is 0.365 bits per heavy atom. The lowest BCUT2D eigenvalue weighted by Crippen LogP contribution is -2.00. The van der Waals surface area contributed by atoms with Crippen LogP contribution in [0, 0.1) is 0 Å². The lowest BCUT2D eigenvalue weighted by Gasteiger charge is -2.11. The number of imidazole rings is 1. The first-order chi connectivity index (χ1) is 25.7. The van der Waals surface area contributed by atoms with Gasteiger partial charge in [-0.3, -0.25) is 0 Å². The fraction of sp³-hybridized carbons (Fsp3) is 0. The molecule has 0 fully saturated rings. The molecule has 0 atom stereocenters. The summed E-state index contributed by atoms with van der Waals surface area (Å²) in [5.74, 6) is 1.94. The molecule has 0 bridgehead atoms. The smallest absolute Gasteiger partial charge is 0.164 e. The van der Waals surface area contributed by atoms with Crippen molar-refractivity contribution in [2.45, 2.75) is 0 Å². The van der Waals surface area contributed by atoms with Crippen LogP contribution in [0.15, 0.2) is 182 Å². The van der Waals surface area contributed by atoms with Crippen molar-refractivity contribution in [3.8, 4) is 62.2 Å². The van der Waals surface area contributed by atoms with E-state index >= 15 is 0 Å². The molecule has 4 heterocycles. The summed E-state index contributed by atoms with van der Waals surface area (Å²) in [5, 5.41) is 2.42. The average Bonchev–Trinajstić information content (AvgIpc) is 3.81. The molecule has 0 spiro atoms. The van der Waals surface area contributed by atoms with E-state index in [2.05, 4.69) is 106 Å². The van der Waals surface area contributed by atoms with Crippen molar-refractivity contribution in [3.05, 3.63) is 182 Å². The fourth-order valence-corrected chi connectivity index (χ4v) is 7.04. The van der Waals surface area contributed by atoms with E-state index < -0.39 is 0 Å². The van der Waals surface area contributed by atoms with Crippen LogP contribution < -0.4 is 0 Å². The first kappa shape index (κ1) is 29.7. The molecule has 0 radical (unpaired) electrons. The number of nitrogens with zero attached hydrogens (tertiary/aromatic N) is 6. The highest BCUT2D eigenvalue weighted by atomic mass is 15.0. The summed E-state index contributed by atoms with van der Waals surface area (Å²) in [7, 11) is 0. The van der Waals surface area contributed by atoms with Crippen LogP contribution in [0.3, 0.4) is 0 Å². The van der Waals surface area contributed by atoms with E-state index in [1.807, 2.05) is 85.1 Å². The van der Waals surface area contributed by atoms with Crippen molar-refractivity contribution in [2.24, 2.45) is 0 Å². The quantitative estimate of drug-likeness (QED) is 0.177. The lowest BCUT2D eigenvalue weighted by atomic mass is 10.0. The van der Waals surface area contributed by atoms with Crippen LogP contribution in [-0.4, -0.2) is 28.9 Å². The molecule has 0 saturated carbocycles. The Labute approximate surface area is 300 Å². The van der Waals surface area contributed by atoms with Crippen LogP contribution in [-0.2, 0) is 0 Å². The van der Waals surface area contributed by atoms with Gasteiger partial charge in [0.1, 0.15) is 5.65 Å². The van der Waals surface area contributed by atoms with Gasteiger partial charge in [-0.15, -0.1) is 0 Å². The third kappa shape index (κ3) is 5.22. The number of hydrogen-bond donors (Lipinski definition) is 0. The third-order valence-corrected chi connectivity index (χ3v) is 9.63. The number of para-hydroxylation sites is 1. The third-order valence-electron chi connectivity index (χ3n) is 9.63. The Morgan fingerprint density at radius 2 is 0.904 bits per heavy atom. The highest BCUT2D eigenvalue weighted by molar-refractivity contribution is 6.10. The van der Waals surface area contributed by atoms with Crippen LogP contribution in [0.5, 0.6) is 0 Å². The molecule has 6 heteroatoms. The number of rotatable bonds is 6. The SMILES string of the molecule is c1ccc(-c2nc(-c3ccccc3)nc(-c3ccc(-n4c5ccccc5c5cc(-c6ccc(-c7cn8ccccc8n7)cc6)ccc54)cc3)n2)cc1. The Kier molecular flexibility index (Phi) is 7.03. The summed E-state index contributed by atoms with van der Waals surface area (Å²) >= 11 is 0. The largest absolute Gasteiger partial charge is 0.309 e. The minimum absolute atomic E-state index is 0.637. The highest BCUT2D eigenvalue weighted by Gasteiger charge is 2.16. The standard InChI is InChI=1S/C46H30N6/c1-3-11-33(12-4-1)44-48-45(34-13-5-2-6-14-34)50-46(49-44)35-22-25-37(26-23-35)52-41-16-8-7-15-38(41)39-29-36(24-27-42(39)52)31-18-20-32(21-19-31)40-30-51-28-10-9-17-43(51)47-40/h1-30H. The zero-order valence-electron chi connectivity index (χ0n) is 28.0. The second kappa shape index (κ2) is 12.3. The minimum Gasteiger partial charge on any atom is -0.309 e. The van der Waals surface area contributed by atoms with Crippen LogP contribution in [0.4, 0.5) is 0 Å². The fourth-order valence-electron chi connectivity index (χ4n) is 7.04. The van der Waals surface area contributed by atoms with Crippen molar-refractivity contribution in [2.75, 3.05) is 0 Å². The molecule has 0 saturated heterocycles. The Hall–Kier alpha value is -7.18. The molecule has 244 valence electrons. The van der Waals surface area contributed by atoms with Gasteiger partial charge in [0, 0.05) is 51.1 Å². The molecule has 0 aliphatic rings. The molecule has 6 aromatic carbocycles. The molecule has 10 aromatic rings. The summed E-state index contributed by atoms with van der Waals surface area (Å²) in [4.78, 5) is 19.5. The van der Waals surface area contributed by atoms with Crippen molar-refractivity contribution in [1.29, 1.82) is 0 Å². The maximum atomic E-state index is 4.93. The van der Waals surface area contributed by atoms with Crippen molar-refractivity contribution in [1.82, 2.24) is 28.9 Å². The Bertz CT molecular complexity index is 2780. The summed E-state index contributed by atoms with van der Waals surface area (Å²) in [6.45, 7) is 0. The van der Waals surface area contributed by atoms with E-state index in [9.17, 15) is 0 Å². The normalized spacial score (nSPS) is 11.5. The highest BCUT2D eigenvalue weighted by Crippen LogP contribution is 2.36. The zero-order valence-corrected chi connectivity index (χ0v) is 28.0. The van der Waals surface area contributed by atoms with Gasteiger partial charge < -0.3 is 8.97 Å². The molecule has 0 aliphatic carbocycles. The molecule has 6 nitrogen and oxygen atoms in total. The van der Waals surface area contributed by atoms with Gasteiger partial charge >= 0.3 is 0 Å². The molecule has 0 unspecified atom stereocenters. The van der Waals surface area contributed by atoms with E-state index in [0.29, 0.717) is 17.5 Å². The van der Waals surface area contributed by atoms with E-state index in [4.69, 9.17) is 19.9 Å². The lowest BCUT2D eigenvalue weighted by molar-refractivity contribution is 1.07. The summed E-state index contributed by atoms with van der Waals surface area (Å²) in [5.41, 5.74) is 11.5. The van der Waals surface area contributed by atoms with Gasteiger partial charge in [-0.25, -0.2) is 19.9 Å². The average molecular weight is 667 g/mol. The summed E-state index contributed by atoms with van der Waals surface area (Å²) in [6, 6.07) is 58.8. The summed E-state index contributed by atoms with van der Waals surface area (Å²) in [6.07, 6.45) is 4.10. The van der Waals surface area contributed by atoms with Crippen LogP contribution in [0.1, 0.15) is 0 Å². The van der Waals surface area contributed by atoms with Crippen molar-refractivity contribution >= 4 is 27.5 Å². The van der Waals surface area contributed by atoms with Gasteiger partial charge in [0.2, 0.25) is 0 Å². The van der Waals surface area contributed by atoms with Crippen molar-refractivity contribution < 1.29 is 0 Å².